The summed E-state index contributed by atoms with van der Waals surface area (Å²) in [5, 5.41) is 24.0. The highest BCUT2D eigenvalue weighted by Crippen LogP contribution is 2.39. The Labute approximate surface area is 129 Å². The number of nitrogens with zero attached hydrogens (tertiary/aromatic N) is 2. The lowest BCUT2D eigenvalue weighted by molar-refractivity contribution is -0.246. The van der Waals surface area contributed by atoms with E-state index >= 15 is 0 Å². The van der Waals surface area contributed by atoms with Crippen LogP contribution in [0.3, 0.4) is 0 Å². The molecule has 21 heavy (non-hydrogen) atoms. The Bertz CT molecular complexity index is 495. The molecule has 1 spiro atoms. The van der Waals surface area contributed by atoms with Crippen LogP contribution in [0, 0.1) is 6.92 Å². The third-order valence-electron chi connectivity index (χ3n) is 4.84. The second-order valence-electron chi connectivity index (χ2n) is 6.56. The third-order valence-corrected chi connectivity index (χ3v) is 5.66. The van der Waals surface area contributed by atoms with Gasteiger partial charge in [-0.05, 0) is 26.7 Å². The Morgan fingerprint density at radius 1 is 1.43 bits per heavy atom. The molecule has 1 aromatic heterocycles. The molecule has 0 aliphatic carbocycles. The maximum absolute atomic E-state index is 10.5. The van der Waals surface area contributed by atoms with E-state index in [1.165, 1.54) is 0 Å². The molecule has 2 fully saturated rings. The lowest BCUT2D eigenvalue weighted by Gasteiger charge is -2.51. The number of likely N-dealkylation sites (tertiary alicyclic amines) is 1. The van der Waals surface area contributed by atoms with Gasteiger partial charge < -0.3 is 14.9 Å². The van der Waals surface area contributed by atoms with Crippen molar-refractivity contribution >= 4 is 11.3 Å². The minimum Gasteiger partial charge on any atom is -0.387 e. The van der Waals surface area contributed by atoms with Crippen molar-refractivity contribution in [1.29, 1.82) is 0 Å². The zero-order valence-electron chi connectivity index (χ0n) is 12.7. The van der Waals surface area contributed by atoms with Gasteiger partial charge in [-0.1, -0.05) is 0 Å². The summed E-state index contributed by atoms with van der Waals surface area (Å²) in [5.74, 6) is 0. The molecule has 0 radical (unpaired) electrons. The molecule has 3 heterocycles. The van der Waals surface area contributed by atoms with E-state index in [-0.39, 0.29) is 0 Å². The van der Waals surface area contributed by atoms with Gasteiger partial charge in [-0.15, -0.1) is 11.3 Å². The molecule has 0 amide bonds. The summed E-state index contributed by atoms with van der Waals surface area (Å²) in [6, 6.07) is 0. The van der Waals surface area contributed by atoms with Crippen LogP contribution in [0.15, 0.2) is 5.38 Å². The van der Waals surface area contributed by atoms with Crippen molar-refractivity contribution in [3.05, 3.63) is 16.1 Å². The van der Waals surface area contributed by atoms with E-state index in [2.05, 4.69) is 15.3 Å². The number of piperidine rings is 1. The van der Waals surface area contributed by atoms with Crippen LogP contribution in [-0.2, 0) is 11.3 Å². The van der Waals surface area contributed by atoms with Crippen LogP contribution in [0.5, 0.6) is 0 Å². The Morgan fingerprint density at radius 2 is 2.14 bits per heavy atom. The van der Waals surface area contributed by atoms with E-state index in [0.717, 1.165) is 43.2 Å². The van der Waals surface area contributed by atoms with Crippen LogP contribution < -0.4 is 0 Å². The number of aliphatic hydroxyl groups is 2. The monoisotopic (exact) mass is 312 g/mol. The Hall–Kier alpha value is -0.530. The molecule has 0 bridgehead atoms. The molecule has 6 heteroatoms. The van der Waals surface area contributed by atoms with Gasteiger partial charge in [0.05, 0.1) is 28.5 Å². The molecule has 3 rings (SSSR count). The first kappa shape index (κ1) is 15.4. The molecule has 0 aromatic carbocycles. The highest BCUT2D eigenvalue weighted by Gasteiger charge is 2.52. The number of hydrogen-bond acceptors (Lipinski definition) is 6. The average Bonchev–Trinajstić information content (AvgIpc) is 2.84. The van der Waals surface area contributed by atoms with E-state index < -0.39 is 17.3 Å². The van der Waals surface area contributed by atoms with Gasteiger partial charge in [0.1, 0.15) is 6.10 Å². The van der Waals surface area contributed by atoms with Crippen LogP contribution in [0.25, 0.3) is 0 Å². The van der Waals surface area contributed by atoms with Crippen molar-refractivity contribution < 1.29 is 14.9 Å². The quantitative estimate of drug-likeness (QED) is 0.862. The van der Waals surface area contributed by atoms with Crippen molar-refractivity contribution in [2.75, 3.05) is 19.7 Å². The summed E-state index contributed by atoms with van der Waals surface area (Å²) in [5.41, 5.74) is -0.492. The molecule has 0 saturated carbocycles. The molecule has 2 atom stereocenters. The molecule has 2 saturated heterocycles. The number of ether oxygens (including phenoxy) is 1. The van der Waals surface area contributed by atoms with Gasteiger partial charge in [0.2, 0.25) is 0 Å². The van der Waals surface area contributed by atoms with E-state index in [1.54, 1.807) is 18.3 Å². The van der Waals surface area contributed by atoms with Crippen LogP contribution in [0.1, 0.15) is 36.9 Å². The maximum atomic E-state index is 10.5. The minimum atomic E-state index is -1.04. The van der Waals surface area contributed by atoms with Crippen molar-refractivity contribution in [3.63, 3.8) is 0 Å². The molecule has 2 N–H and O–H groups in total. The maximum Gasteiger partial charge on any atom is 0.111 e. The number of aromatic nitrogens is 1. The van der Waals surface area contributed by atoms with Crippen LogP contribution in [0.2, 0.25) is 0 Å². The number of aryl methyl sites for hydroxylation is 1. The van der Waals surface area contributed by atoms with Crippen molar-refractivity contribution in [3.8, 4) is 0 Å². The van der Waals surface area contributed by atoms with E-state index in [0.29, 0.717) is 13.0 Å². The average molecular weight is 312 g/mol. The normalized spacial score (nSPS) is 33.4. The SMILES string of the molecule is Cc1nc(CN2CCC3(CC2)OCC[C@@](C)(O)[C@@H]3O)cs1. The second kappa shape index (κ2) is 5.59. The first-order valence-corrected chi connectivity index (χ1v) is 8.47. The fourth-order valence-electron chi connectivity index (χ4n) is 3.46. The van der Waals surface area contributed by atoms with Crippen molar-refractivity contribution in [2.24, 2.45) is 0 Å². The van der Waals surface area contributed by atoms with Crippen molar-refractivity contribution in [1.82, 2.24) is 9.88 Å². The number of aliphatic hydroxyl groups excluding tert-OH is 1. The van der Waals surface area contributed by atoms with Gasteiger partial charge >= 0.3 is 0 Å². The fraction of sp³-hybridized carbons (Fsp3) is 0.800. The zero-order chi connectivity index (χ0) is 15.1. The lowest BCUT2D eigenvalue weighted by atomic mass is 9.75. The number of thiazole rings is 1. The fourth-order valence-corrected chi connectivity index (χ4v) is 4.06. The zero-order valence-corrected chi connectivity index (χ0v) is 13.5. The first-order chi connectivity index (χ1) is 9.91. The molecular formula is C15H24N2O3S. The Morgan fingerprint density at radius 3 is 2.76 bits per heavy atom. The molecule has 1 aromatic rings. The largest absolute Gasteiger partial charge is 0.387 e. The summed E-state index contributed by atoms with van der Waals surface area (Å²) in [4.78, 5) is 6.85. The van der Waals surface area contributed by atoms with E-state index in [4.69, 9.17) is 4.74 Å². The number of hydrogen-bond donors (Lipinski definition) is 2. The molecule has 5 nitrogen and oxygen atoms in total. The van der Waals surface area contributed by atoms with Crippen molar-refractivity contribution in [2.45, 2.75) is 57.0 Å². The predicted molar refractivity (Wildman–Crippen MR) is 81.3 cm³/mol. The topological polar surface area (TPSA) is 65.8 Å². The van der Waals surface area contributed by atoms with Gasteiger partial charge in [0.15, 0.2) is 0 Å². The molecule has 0 unspecified atom stereocenters. The predicted octanol–water partition coefficient (Wildman–Crippen LogP) is 1.32. The minimum absolute atomic E-state index is 0.498. The van der Waals surface area contributed by atoms with E-state index in [9.17, 15) is 10.2 Å². The second-order valence-corrected chi connectivity index (χ2v) is 7.62. The number of rotatable bonds is 2. The molecule has 2 aliphatic rings. The van der Waals surface area contributed by atoms with E-state index in [1.807, 2.05) is 6.92 Å². The van der Waals surface area contributed by atoms with Gasteiger partial charge in [0.25, 0.3) is 0 Å². The summed E-state index contributed by atoms with van der Waals surface area (Å²) in [6.07, 6.45) is 1.21. The van der Waals surface area contributed by atoms with Gasteiger partial charge in [-0.25, -0.2) is 4.98 Å². The van der Waals surface area contributed by atoms with Crippen LogP contribution in [0.4, 0.5) is 0 Å². The highest BCUT2D eigenvalue weighted by molar-refractivity contribution is 7.09. The Balaban J connectivity index is 1.62. The van der Waals surface area contributed by atoms with Crippen LogP contribution in [-0.4, -0.2) is 57.1 Å². The summed E-state index contributed by atoms with van der Waals surface area (Å²) in [6.45, 7) is 6.84. The van der Waals surface area contributed by atoms with Gasteiger partial charge in [-0.3, -0.25) is 4.90 Å². The third kappa shape index (κ3) is 3.00. The lowest BCUT2D eigenvalue weighted by Crippen LogP contribution is -2.64. The standard InChI is InChI=1S/C15H24N2O3S/c1-11-16-12(10-21-11)9-17-6-3-15(4-7-17)13(18)14(2,19)5-8-20-15/h10,13,18-19H,3-9H2,1-2H3/t13-,14+/m0/s1. The molecule has 2 aliphatic heterocycles. The van der Waals surface area contributed by atoms with Gasteiger partial charge in [0, 0.05) is 31.4 Å². The smallest absolute Gasteiger partial charge is 0.111 e. The molecular weight excluding hydrogens is 288 g/mol. The first-order valence-electron chi connectivity index (χ1n) is 7.59. The highest BCUT2D eigenvalue weighted by atomic mass is 32.1. The summed E-state index contributed by atoms with van der Waals surface area (Å²) in [7, 11) is 0. The summed E-state index contributed by atoms with van der Waals surface area (Å²) < 4.78 is 5.91. The summed E-state index contributed by atoms with van der Waals surface area (Å²) >= 11 is 1.68. The molecule has 118 valence electrons. The van der Waals surface area contributed by atoms with Gasteiger partial charge in [-0.2, -0.15) is 0 Å². The van der Waals surface area contributed by atoms with Crippen LogP contribution >= 0.6 is 11.3 Å². The Kier molecular flexibility index (Phi) is 4.09.